The van der Waals surface area contributed by atoms with E-state index >= 15 is 0 Å². The highest BCUT2D eigenvalue weighted by Gasteiger charge is 2.17. The summed E-state index contributed by atoms with van der Waals surface area (Å²) in [5.41, 5.74) is 0.492. The van der Waals surface area contributed by atoms with Gasteiger partial charge in [0.1, 0.15) is 0 Å². The molecule has 2 nitrogen and oxygen atoms in total. The number of likely N-dealkylation sites (N-methyl/N-ethyl adjacent to an activating group) is 1. The van der Waals surface area contributed by atoms with E-state index in [2.05, 4.69) is 11.4 Å². The van der Waals surface area contributed by atoms with Crippen molar-refractivity contribution in [3.63, 3.8) is 0 Å². The molecule has 0 aromatic heterocycles. The molecule has 0 radical (unpaired) electrons. The summed E-state index contributed by atoms with van der Waals surface area (Å²) >= 11 is 0. The number of rotatable bonds is 1. The Morgan fingerprint density at radius 1 is 1.50 bits per heavy atom. The highest BCUT2D eigenvalue weighted by Crippen LogP contribution is 2.22. The molecular formula is C10H12N2. The molecule has 1 aliphatic rings. The van der Waals surface area contributed by atoms with Gasteiger partial charge in [-0.05, 0) is 19.1 Å². The van der Waals surface area contributed by atoms with E-state index in [0.29, 0.717) is 0 Å². The van der Waals surface area contributed by atoms with Gasteiger partial charge in [-0.2, -0.15) is 5.26 Å². The molecular weight excluding hydrogens is 148 g/mol. The van der Waals surface area contributed by atoms with Gasteiger partial charge in [-0.3, -0.25) is 0 Å². The van der Waals surface area contributed by atoms with Gasteiger partial charge in [0.2, 0.25) is 0 Å². The molecule has 1 aliphatic carbocycles. The van der Waals surface area contributed by atoms with Crippen LogP contribution in [0.25, 0.3) is 0 Å². The highest BCUT2D eigenvalue weighted by atomic mass is 14.8. The molecule has 2 heteroatoms. The van der Waals surface area contributed by atoms with Gasteiger partial charge in [-0.15, -0.1) is 0 Å². The predicted octanol–water partition coefficient (Wildman–Crippen LogP) is 1.75. The summed E-state index contributed by atoms with van der Waals surface area (Å²) in [6, 6.07) is 2.24. The second kappa shape index (κ2) is 3.27. The van der Waals surface area contributed by atoms with Crippen molar-refractivity contribution in [3.8, 4) is 6.07 Å². The minimum Gasteiger partial charge on any atom is -0.388 e. The molecule has 1 rings (SSSR count). The number of nitrogens with one attached hydrogen (secondary N) is 1. The zero-order valence-corrected chi connectivity index (χ0v) is 7.33. The zero-order valence-electron chi connectivity index (χ0n) is 7.33. The predicted molar refractivity (Wildman–Crippen MR) is 49.1 cm³/mol. The Morgan fingerprint density at radius 3 is 2.83 bits per heavy atom. The second-order valence-corrected chi connectivity index (χ2v) is 2.96. The number of nitrogens with zero attached hydrogens (tertiary/aromatic N) is 1. The highest BCUT2D eigenvalue weighted by molar-refractivity contribution is 5.34. The molecule has 1 N–H and O–H groups in total. The van der Waals surface area contributed by atoms with Crippen LogP contribution in [-0.2, 0) is 0 Å². The Morgan fingerprint density at radius 2 is 2.25 bits per heavy atom. The van der Waals surface area contributed by atoms with Gasteiger partial charge >= 0.3 is 0 Å². The van der Waals surface area contributed by atoms with Gasteiger partial charge in [-0.1, -0.05) is 18.2 Å². The van der Waals surface area contributed by atoms with Crippen molar-refractivity contribution < 1.29 is 0 Å². The Balaban J connectivity index is 3.02. The van der Waals surface area contributed by atoms with Crippen LogP contribution in [0.15, 0.2) is 36.1 Å². The fraction of sp³-hybridized carbons (Fsp3) is 0.300. The normalized spacial score (nSPS) is 27.2. The van der Waals surface area contributed by atoms with Crippen molar-refractivity contribution >= 4 is 0 Å². The van der Waals surface area contributed by atoms with Crippen LogP contribution >= 0.6 is 0 Å². The first kappa shape index (κ1) is 8.61. The topological polar surface area (TPSA) is 35.8 Å². The van der Waals surface area contributed by atoms with Crippen molar-refractivity contribution in [2.75, 3.05) is 7.05 Å². The lowest BCUT2D eigenvalue weighted by molar-refractivity contribution is 0.724. The van der Waals surface area contributed by atoms with E-state index in [-0.39, 0.29) is 0 Å². The molecule has 12 heavy (non-hydrogen) atoms. The minimum atomic E-state index is -0.484. The number of nitriles is 1. The Labute approximate surface area is 72.9 Å². The van der Waals surface area contributed by atoms with Crippen molar-refractivity contribution in [3.05, 3.63) is 36.1 Å². The van der Waals surface area contributed by atoms with Crippen LogP contribution in [0.2, 0.25) is 0 Å². The largest absolute Gasteiger partial charge is 0.388 e. The first-order chi connectivity index (χ1) is 5.70. The van der Waals surface area contributed by atoms with Gasteiger partial charge in [0.05, 0.1) is 11.5 Å². The number of hydrogen-bond donors (Lipinski definition) is 1. The van der Waals surface area contributed by atoms with Gasteiger partial charge in [0, 0.05) is 12.7 Å². The summed E-state index contributed by atoms with van der Waals surface area (Å²) in [5.74, 6) is 0. The molecule has 0 aromatic rings. The maximum absolute atomic E-state index is 8.89. The Hall–Kier alpha value is -1.49. The van der Waals surface area contributed by atoms with E-state index in [1.165, 1.54) is 0 Å². The molecule has 0 amide bonds. The molecule has 0 saturated carbocycles. The molecule has 0 saturated heterocycles. The van der Waals surface area contributed by atoms with E-state index in [4.69, 9.17) is 5.26 Å². The van der Waals surface area contributed by atoms with Crippen LogP contribution < -0.4 is 5.32 Å². The maximum Gasteiger partial charge on any atom is 0.0931 e. The SMILES string of the molecule is CNC1=CC(C)(C#N)C=CC=C1. The first-order valence-electron chi connectivity index (χ1n) is 3.88. The van der Waals surface area contributed by atoms with Crippen molar-refractivity contribution in [2.24, 2.45) is 5.41 Å². The molecule has 0 aromatic carbocycles. The summed E-state index contributed by atoms with van der Waals surface area (Å²) in [4.78, 5) is 0. The van der Waals surface area contributed by atoms with E-state index in [9.17, 15) is 0 Å². The smallest absolute Gasteiger partial charge is 0.0931 e. The van der Waals surface area contributed by atoms with Crippen LogP contribution in [-0.4, -0.2) is 7.05 Å². The van der Waals surface area contributed by atoms with Crippen LogP contribution in [0.4, 0.5) is 0 Å². The third-order valence-corrected chi connectivity index (χ3v) is 1.81. The summed E-state index contributed by atoms with van der Waals surface area (Å²) in [6.07, 6.45) is 9.55. The molecule has 0 spiro atoms. The van der Waals surface area contributed by atoms with Gasteiger partial charge in [0.25, 0.3) is 0 Å². The van der Waals surface area contributed by atoms with Crippen molar-refractivity contribution in [2.45, 2.75) is 6.92 Å². The summed E-state index contributed by atoms with van der Waals surface area (Å²) in [7, 11) is 1.85. The first-order valence-corrected chi connectivity index (χ1v) is 3.88. The third kappa shape index (κ3) is 1.76. The van der Waals surface area contributed by atoms with E-state index < -0.39 is 5.41 Å². The lowest BCUT2D eigenvalue weighted by atomic mass is 9.92. The molecule has 1 unspecified atom stereocenters. The van der Waals surface area contributed by atoms with Gasteiger partial charge < -0.3 is 5.32 Å². The van der Waals surface area contributed by atoms with Crippen molar-refractivity contribution in [1.29, 1.82) is 5.26 Å². The molecule has 0 aliphatic heterocycles. The van der Waals surface area contributed by atoms with E-state index in [0.717, 1.165) is 5.70 Å². The standard InChI is InChI=1S/C10H12N2/c1-10(8-11)6-4-3-5-9(7-10)12-2/h3-7,12H,1-2H3. The minimum absolute atomic E-state index is 0.484. The monoisotopic (exact) mass is 160 g/mol. The quantitative estimate of drug-likeness (QED) is 0.634. The van der Waals surface area contributed by atoms with E-state index in [1.807, 2.05) is 44.4 Å². The molecule has 62 valence electrons. The molecule has 0 bridgehead atoms. The fourth-order valence-electron chi connectivity index (χ4n) is 1.06. The zero-order chi connectivity index (χ0) is 9.03. The fourth-order valence-corrected chi connectivity index (χ4v) is 1.06. The Kier molecular flexibility index (Phi) is 2.35. The molecule has 0 heterocycles. The molecule has 1 atom stereocenters. The van der Waals surface area contributed by atoms with Crippen molar-refractivity contribution in [1.82, 2.24) is 5.32 Å². The lowest BCUT2D eigenvalue weighted by Crippen LogP contribution is -2.11. The van der Waals surface area contributed by atoms with Crippen LogP contribution in [0.3, 0.4) is 0 Å². The summed E-state index contributed by atoms with van der Waals surface area (Å²) in [5, 5.41) is 11.9. The van der Waals surface area contributed by atoms with Gasteiger partial charge in [0.15, 0.2) is 0 Å². The van der Waals surface area contributed by atoms with Crippen LogP contribution in [0.1, 0.15) is 6.92 Å². The number of allylic oxidation sites excluding steroid dienone is 5. The van der Waals surface area contributed by atoms with E-state index in [1.54, 1.807) is 0 Å². The second-order valence-electron chi connectivity index (χ2n) is 2.96. The summed E-state index contributed by atoms with van der Waals surface area (Å²) in [6.45, 7) is 1.88. The van der Waals surface area contributed by atoms with Crippen LogP contribution in [0, 0.1) is 16.7 Å². The van der Waals surface area contributed by atoms with Crippen LogP contribution in [0.5, 0.6) is 0 Å². The maximum atomic E-state index is 8.89. The lowest BCUT2D eigenvalue weighted by Gasteiger charge is -2.11. The number of hydrogen-bond acceptors (Lipinski definition) is 2. The van der Waals surface area contributed by atoms with Gasteiger partial charge in [-0.25, -0.2) is 0 Å². The Bertz CT molecular complexity index is 291. The molecule has 0 fully saturated rings. The average Bonchev–Trinajstić information content (AvgIpc) is 2.28. The third-order valence-electron chi connectivity index (χ3n) is 1.81. The average molecular weight is 160 g/mol. The summed E-state index contributed by atoms with van der Waals surface area (Å²) < 4.78 is 0.